The van der Waals surface area contributed by atoms with E-state index in [2.05, 4.69) is 15.3 Å². The highest BCUT2D eigenvalue weighted by atomic mass is 32.2. The van der Waals surface area contributed by atoms with Crippen molar-refractivity contribution in [3.8, 4) is 0 Å². The average Bonchev–Trinajstić information content (AvgIpc) is 2.63. The van der Waals surface area contributed by atoms with Crippen LogP contribution in [0.25, 0.3) is 0 Å². The Bertz CT molecular complexity index is 875. The summed E-state index contributed by atoms with van der Waals surface area (Å²) in [7, 11) is 1.16. The second-order valence-electron chi connectivity index (χ2n) is 4.94. The number of aliphatic hydroxyl groups is 1. The van der Waals surface area contributed by atoms with Crippen LogP contribution in [0.2, 0.25) is 0 Å². The third kappa shape index (κ3) is 4.36. The first-order valence-corrected chi connectivity index (χ1v) is 8.51. The predicted octanol–water partition coefficient (Wildman–Crippen LogP) is 1.18. The standard InChI is InChI=1S/C15H16F2N4O4S/c1-21-15(24)11(17)12(13(19-21)14(23)20-25-6-5-22)18-10-4-3-8(26-2)7-9(10)16/h3-4,7,18,22H,5-6H2,1-2H3,(H,20,23). The fraction of sp³-hybridized carbons (Fsp3) is 0.267. The molecular formula is C15H16F2N4O4S. The Morgan fingerprint density at radius 1 is 1.42 bits per heavy atom. The number of rotatable bonds is 7. The molecular weight excluding hydrogens is 370 g/mol. The molecule has 2 aromatic rings. The molecule has 3 N–H and O–H groups in total. The van der Waals surface area contributed by atoms with E-state index in [1.165, 1.54) is 23.9 Å². The van der Waals surface area contributed by atoms with Crippen molar-refractivity contribution in [1.82, 2.24) is 15.3 Å². The minimum absolute atomic E-state index is 0.137. The van der Waals surface area contributed by atoms with Gasteiger partial charge in [-0.1, -0.05) is 0 Å². The summed E-state index contributed by atoms with van der Waals surface area (Å²) in [5, 5.41) is 14.7. The number of hydrogen-bond donors (Lipinski definition) is 3. The van der Waals surface area contributed by atoms with Crippen molar-refractivity contribution in [2.45, 2.75) is 4.90 Å². The molecule has 0 radical (unpaired) electrons. The minimum atomic E-state index is -1.30. The first kappa shape index (κ1) is 19.8. The number of amides is 1. The lowest BCUT2D eigenvalue weighted by Gasteiger charge is -2.14. The highest BCUT2D eigenvalue weighted by molar-refractivity contribution is 7.98. The van der Waals surface area contributed by atoms with Crippen LogP contribution >= 0.6 is 11.8 Å². The Morgan fingerprint density at radius 2 is 2.15 bits per heavy atom. The maximum absolute atomic E-state index is 14.4. The van der Waals surface area contributed by atoms with Gasteiger partial charge in [0.1, 0.15) is 11.5 Å². The van der Waals surface area contributed by atoms with Crippen LogP contribution in [0.3, 0.4) is 0 Å². The number of carbonyl (C=O) groups excluding carboxylic acids is 1. The van der Waals surface area contributed by atoms with Crippen molar-refractivity contribution < 1.29 is 23.5 Å². The molecule has 0 atom stereocenters. The number of aryl methyl sites for hydroxylation is 1. The number of hydrogen-bond acceptors (Lipinski definition) is 7. The fourth-order valence-electron chi connectivity index (χ4n) is 1.94. The maximum Gasteiger partial charge on any atom is 0.304 e. The van der Waals surface area contributed by atoms with E-state index in [0.717, 1.165) is 7.05 Å². The number of benzene rings is 1. The van der Waals surface area contributed by atoms with E-state index < -0.39 is 34.5 Å². The second kappa shape index (κ2) is 8.74. The first-order chi connectivity index (χ1) is 12.4. The van der Waals surface area contributed by atoms with Crippen molar-refractivity contribution in [2.75, 3.05) is 24.8 Å². The quantitative estimate of drug-likeness (QED) is 0.373. The number of nitrogens with one attached hydrogen (secondary N) is 2. The van der Waals surface area contributed by atoms with E-state index in [-0.39, 0.29) is 18.9 Å². The Hall–Kier alpha value is -2.50. The normalized spacial score (nSPS) is 10.7. The van der Waals surface area contributed by atoms with Crippen LogP contribution in [0, 0.1) is 11.6 Å². The lowest BCUT2D eigenvalue weighted by Crippen LogP contribution is -2.32. The summed E-state index contributed by atoms with van der Waals surface area (Å²) in [6.07, 6.45) is 1.77. The molecule has 0 saturated carbocycles. The van der Waals surface area contributed by atoms with Gasteiger partial charge in [0.15, 0.2) is 5.69 Å². The number of thioether (sulfide) groups is 1. The summed E-state index contributed by atoms with van der Waals surface area (Å²) in [4.78, 5) is 29.2. The van der Waals surface area contributed by atoms with E-state index in [9.17, 15) is 18.4 Å². The van der Waals surface area contributed by atoms with Gasteiger partial charge in [0.25, 0.3) is 5.91 Å². The van der Waals surface area contributed by atoms with Crippen molar-refractivity contribution in [2.24, 2.45) is 7.05 Å². The van der Waals surface area contributed by atoms with Crippen LogP contribution in [-0.2, 0) is 11.9 Å². The molecule has 8 nitrogen and oxygen atoms in total. The molecule has 0 bridgehead atoms. The monoisotopic (exact) mass is 386 g/mol. The van der Waals surface area contributed by atoms with Crippen molar-refractivity contribution in [3.63, 3.8) is 0 Å². The molecule has 26 heavy (non-hydrogen) atoms. The van der Waals surface area contributed by atoms with Crippen LogP contribution in [0.5, 0.6) is 0 Å². The van der Waals surface area contributed by atoms with Crippen LogP contribution in [0.15, 0.2) is 27.9 Å². The highest BCUT2D eigenvalue weighted by Crippen LogP contribution is 2.26. The Kier molecular flexibility index (Phi) is 6.66. The van der Waals surface area contributed by atoms with Gasteiger partial charge < -0.3 is 10.4 Å². The molecule has 1 amide bonds. The number of carbonyl (C=O) groups is 1. The summed E-state index contributed by atoms with van der Waals surface area (Å²) in [5.74, 6) is -2.97. The lowest BCUT2D eigenvalue weighted by molar-refractivity contribution is 0.0163. The third-order valence-electron chi connectivity index (χ3n) is 3.20. The zero-order valence-electron chi connectivity index (χ0n) is 13.9. The van der Waals surface area contributed by atoms with Gasteiger partial charge in [-0.2, -0.15) is 9.49 Å². The van der Waals surface area contributed by atoms with Crippen LogP contribution in [-0.4, -0.2) is 40.3 Å². The summed E-state index contributed by atoms with van der Waals surface area (Å²) >= 11 is 1.32. The minimum Gasteiger partial charge on any atom is -0.394 e. The van der Waals surface area contributed by atoms with Crippen molar-refractivity contribution >= 4 is 29.0 Å². The summed E-state index contributed by atoms with van der Waals surface area (Å²) in [6.45, 7) is -0.555. The van der Waals surface area contributed by atoms with Gasteiger partial charge >= 0.3 is 5.56 Å². The first-order valence-electron chi connectivity index (χ1n) is 7.29. The molecule has 140 valence electrons. The molecule has 0 aliphatic carbocycles. The number of halogens is 2. The Labute approximate surface area is 151 Å². The third-order valence-corrected chi connectivity index (χ3v) is 3.92. The van der Waals surface area contributed by atoms with Gasteiger partial charge in [0.05, 0.1) is 18.9 Å². The molecule has 1 aromatic carbocycles. The molecule has 0 aliphatic rings. The van der Waals surface area contributed by atoms with E-state index in [4.69, 9.17) is 5.11 Å². The summed E-state index contributed by atoms with van der Waals surface area (Å²) in [5.41, 5.74) is -0.387. The number of anilines is 2. The van der Waals surface area contributed by atoms with Gasteiger partial charge in [-0.15, -0.1) is 11.8 Å². The number of aromatic nitrogens is 2. The van der Waals surface area contributed by atoms with Gasteiger partial charge in [0.2, 0.25) is 5.82 Å². The molecule has 1 heterocycles. The van der Waals surface area contributed by atoms with Crippen LogP contribution < -0.4 is 16.4 Å². The van der Waals surface area contributed by atoms with Gasteiger partial charge in [-0.3, -0.25) is 14.4 Å². The molecule has 0 aliphatic heterocycles. The smallest absolute Gasteiger partial charge is 0.304 e. The van der Waals surface area contributed by atoms with Gasteiger partial charge in [0, 0.05) is 11.9 Å². The molecule has 2 rings (SSSR count). The fourth-order valence-corrected chi connectivity index (χ4v) is 2.37. The molecule has 0 fully saturated rings. The summed E-state index contributed by atoms with van der Waals surface area (Å²) < 4.78 is 29.2. The number of hydroxylamine groups is 1. The zero-order chi connectivity index (χ0) is 19.3. The van der Waals surface area contributed by atoms with E-state index >= 15 is 0 Å². The van der Waals surface area contributed by atoms with Gasteiger partial charge in [-0.25, -0.2) is 14.6 Å². The van der Waals surface area contributed by atoms with Gasteiger partial charge in [-0.05, 0) is 24.5 Å². The largest absolute Gasteiger partial charge is 0.394 e. The Balaban J connectivity index is 2.44. The van der Waals surface area contributed by atoms with E-state index in [1.54, 1.807) is 12.3 Å². The molecule has 0 saturated heterocycles. The Morgan fingerprint density at radius 3 is 2.77 bits per heavy atom. The average molecular weight is 386 g/mol. The SMILES string of the molecule is CSc1ccc(Nc2c(C(=O)NOCCO)nn(C)c(=O)c2F)c(F)c1. The van der Waals surface area contributed by atoms with Crippen molar-refractivity contribution in [1.29, 1.82) is 0 Å². The van der Waals surface area contributed by atoms with Crippen LogP contribution in [0.4, 0.5) is 20.2 Å². The molecule has 11 heteroatoms. The zero-order valence-corrected chi connectivity index (χ0v) is 14.7. The molecule has 0 spiro atoms. The number of nitrogens with zero attached hydrogens (tertiary/aromatic N) is 2. The summed E-state index contributed by atoms with van der Waals surface area (Å²) in [6, 6.07) is 4.16. The van der Waals surface area contributed by atoms with E-state index in [0.29, 0.717) is 9.58 Å². The second-order valence-corrected chi connectivity index (χ2v) is 5.82. The van der Waals surface area contributed by atoms with Crippen LogP contribution in [0.1, 0.15) is 10.5 Å². The topological polar surface area (TPSA) is 105 Å². The molecule has 0 unspecified atom stereocenters. The lowest BCUT2D eigenvalue weighted by atomic mass is 10.2. The van der Waals surface area contributed by atoms with E-state index in [1.807, 2.05) is 5.48 Å². The maximum atomic E-state index is 14.4. The molecule has 1 aromatic heterocycles. The number of aliphatic hydroxyl groups excluding tert-OH is 1. The predicted molar refractivity (Wildman–Crippen MR) is 91.4 cm³/mol. The highest BCUT2D eigenvalue weighted by Gasteiger charge is 2.23. The van der Waals surface area contributed by atoms with Crippen molar-refractivity contribution in [3.05, 3.63) is 45.9 Å².